The molecule has 2 aromatic rings. The molecule has 0 aliphatic carbocycles. The normalized spacial score (nSPS) is 20.0. The maximum Gasteiger partial charge on any atom is 0.393 e. The van der Waals surface area contributed by atoms with Gasteiger partial charge in [0.25, 0.3) is 0 Å². The van der Waals surface area contributed by atoms with Crippen LogP contribution in [0.4, 0.5) is 24.5 Å². The number of fused-ring (bicyclic) bond motifs is 1. The molecule has 2 N–H and O–H groups in total. The molecular formula is C15H16F3N3. The van der Waals surface area contributed by atoms with Gasteiger partial charge >= 0.3 is 6.18 Å². The molecule has 1 unspecified atom stereocenters. The van der Waals surface area contributed by atoms with Crippen molar-refractivity contribution in [3.05, 3.63) is 30.6 Å². The third-order valence-electron chi connectivity index (χ3n) is 4.06. The van der Waals surface area contributed by atoms with Crippen LogP contribution in [0.1, 0.15) is 12.8 Å². The van der Waals surface area contributed by atoms with Gasteiger partial charge in [0, 0.05) is 36.3 Å². The smallest absolute Gasteiger partial charge is 0.393 e. The molecule has 0 saturated carbocycles. The van der Waals surface area contributed by atoms with Crippen molar-refractivity contribution < 1.29 is 13.2 Å². The lowest BCUT2D eigenvalue weighted by molar-refractivity contribution is -0.175. The van der Waals surface area contributed by atoms with E-state index < -0.39 is 12.1 Å². The topological polar surface area (TPSA) is 42.1 Å². The Morgan fingerprint density at radius 3 is 2.81 bits per heavy atom. The number of halogens is 3. The van der Waals surface area contributed by atoms with Crippen molar-refractivity contribution in [3.63, 3.8) is 0 Å². The van der Waals surface area contributed by atoms with Gasteiger partial charge < -0.3 is 10.6 Å². The molecule has 1 aliphatic heterocycles. The summed E-state index contributed by atoms with van der Waals surface area (Å²) in [5.74, 6) is -1.28. The van der Waals surface area contributed by atoms with Gasteiger partial charge in [-0.05, 0) is 25.0 Å². The SMILES string of the molecule is Nc1c(N2CCCC(C(F)(F)F)C2)ccc2cnccc12. The minimum absolute atomic E-state index is 0.0235. The van der Waals surface area contributed by atoms with E-state index in [0.717, 1.165) is 10.8 Å². The van der Waals surface area contributed by atoms with E-state index in [9.17, 15) is 13.2 Å². The molecule has 21 heavy (non-hydrogen) atoms. The van der Waals surface area contributed by atoms with Crippen LogP contribution < -0.4 is 10.6 Å². The van der Waals surface area contributed by atoms with E-state index in [4.69, 9.17) is 5.73 Å². The molecule has 1 fully saturated rings. The third-order valence-corrected chi connectivity index (χ3v) is 4.06. The summed E-state index contributed by atoms with van der Waals surface area (Å²) in [6.45, 7) is 0.581. The Morgan fingerprint density at radius 1 is 1.24 bits per heavy atom. The molecule has 0 spiro atoms. The summed E-state index contributed by atoms with van der Waals surface area (Å²) in [5.41, 5.74) is 7.36. The van der Waals surface area contributed by atoms with E-state index in [0.29, 0.717) is 24.3 Å². The van der Waals surface area contributed by atoms with Crippen LogP contribution in [0.2, 0.25) is 0 Å². The van der Waals surface area contributed by atoms with E-state index in [2.05, 4.69) is 4.98 Å². The number of nitrogen functional groups attached to an aromatic ring is 1. The van der Waals surface area contributed by atoms with Crippen molar-refractivity contribution >= 4 is 22.1 Å². The van der Waals surface area contributed by atoms with Gasteiger partial charge in [0.1, 0.15) is 0 Å². The van der Waals surface area contributed by atoms with E-state index >= 15 is 0 Å². The molecule has 0 amide bonds. The third kappa shape index (κ3) is 2.62. The Balaban J connectivity index is 1.95. The fourth-order valence-corrected chi connectivity index (χ4v) is 2.92. The summed E-state index contributed by atoms with van der Waals surface area (Å²) in [7, 11) is 0. The van der Waals surface area contributed by atoms with Gasteiger partial charge in [-0.25, -0.2) is 0 Å². The first-order valence-corrected chi connectivity index (χ1v) is 6.90. The zero-order valence-corrected chi connectivity index (χ0v) is 11.4. The van der Waals surface area contributed by atoms with Gasteiger partial charge in [-0.15, -0.1) is 0 Å². The van der Waals surface area contributed by atoms with Crippen molar-refractivity contribution in [2.24, 2.45) is 5.92 Å². The Bertz CT molecular complexity index is 654. The zero-order chi connectivity index (χ0) is 15.0. The van der Waals surface area contributed by atoms with Gasteiger partial charge in [-0.1, -0.05) is 6.07 Å². The second-order valence-corrected chi connectivity index (χ2v) is 5.42. The van der Waals surface area contributed by atoms with Crippen LogP contribution in [0.3, 0.4) is 0 Å². The van der Waals surface area contributed by atoms with Crippen LogP contribution in [-0.2, 0) is 0 Å². The first-order chi connectivity index (χ1) is 9.97. The molecule has 112 valence electrons. The lowest BCUT2D eigenvalue weighted by atomic mass is 9.96. The fourth-order valence-electron chi connectivity index (χ4n) is 2.92. The summed E-state index contributed by atoms with van der Waals surface area (Å²) < 4.78 is 38.8. The number of nitrogens with zero attached hydrogens (tertiary/aromatic N) is 2. The van der Waals surface area contributed by atoms with Gasteiger partial charge in [-0.2, -0.15) is 13.2 Å². The maximum absolute atomic E-state index is 12.9. The molecule has 1 atom stereocenters. The average Bonchev–Trinajstić information content (AvgIpc) is 2.47. The predicted octanol–water partition coefficient (Wildman–Crippen LogP) is 3.60. The van der Waals surface area contributed by atoms with Crippen LogP contribution in [0, 0.1) is 5.92 Å². The lowest BCUT2D eigenvalue weighted by Gasteiger charge is -2.36. The Morgan fingerprint density at radius 2 is 2.05 bits per heavy atom. The van der Waals surface area contributed by atoms with Crippen LogP contribution in [0.15, 0.2) is 30.6 Å². The molecule has 1 aromatic heterocycles. The first kappa shape index (κ1) is 14.0. The summed E-state index contributed by atoms with van der Waals surface area (Å²) in [6.07, 6.45) is -0.0923. The van der Waals surface area contributed by atoms with E-state index in [1.807, 2.05) is 6.07 Å². The molecular weight excluding hydrogens is 279 g/mol. The second-order valence-electron chi connectivity index (χ2n) is 5.42. The minimum Gasteiger partial charge on any atom is -0.397 e. The number of anilines is 2. The number of rotatable bonds is 1. The molecule has 6 heteroatoms. The highest BCUT2D eigenvalue weighted by molar-refractivity contribution is 5.98. The zero-order valence-electron chi connectivity index (χ0n) is 11.4. The largest absolute Gasteiger partial charge is 0.397 e. The quantitative estimate of drug-likeness (QED) is 0.817. The maximum atomic E-state index is 12.9. The molecule has 2 heterocycles. The van der Waals surface area contributed by atoms with Crippen molar-refractivity contribution in [3.8, 4) is 0 Å². The number of pyridine rings is 1. The highest BCUT2D eigenvalue weighted by atomic mass is 19.4. The monoisotopic (exact) mass is 295 g/mol. The number of hydrogen-bond donors (Lipinski definition) is 1. The first-order valence-electron chi connectivity index (χ1n) is 6.90. The van der Waals surface area contributed by atoms with Crippen molar-refractivity contribution in [1.82, 2.24) is 4.98 Å². The Hall–Kier alpha value is -1.98. The molecule has 1 aliphatic rings. The number of hydrogen-bond acceptors (Lipinski definition) is 3. The highest BCUT2D eigenvalue weighted by Gasteiger charge is 2.42. The summed E-state index contributed by atoms with van der Waals surface area (Å²) in [4.78, 5) is 5.77. The average molecular weight is 295 g/mol. The fraction of sp³-hybridized carbons (Fsp3) is 0.400. The van der Waals surface area contributed by atoms with Gasteiger partial charge in [0.15, 0.2) is 0 Å². The molecule has 3 rings (SSSR count). The van der Waals surface area contributed by atoms with Crippen LogP contribution in [0.25, 0.3) is 10.8 Å². The molecule has 0 bridgehead atoms. The van der Waals surface area contributed by atoms with Crippen molar-refractivity contribution in [1.29, 1.82) is 0 Å². The molecule has 0 radical (unpaired) electrons. The van der Waals surface area contributed by atoms with Gasteiger partial charge in [0.2, 0.25) is 0 Å². The lowest BCUT2D eigenvalue weighted by Crippen LogP contribution is -2.42. The number of nitrogens with two attached hydrogens (primary N) is 1. The van der Waals surface area contributed by atoms with Crippen molar-refractivity contribution in [2.45, 2.75) is 19.0 Å². The van der Waals surface area contributed by atoms with E-state index in [1.165, 1.54) is 0 Å². The number of benzene rings is 1. The van der Waals surface area contributed by atoms with Crippen LogP contribution in [0.5, 0.6) is 0 Å². The second kappa shape index (κ2) is 5.09. The molecule has 1 saturated heterocycles. The van der Waals surface area contributed by atoms with Crippen LogP contribution in [-0.4, -0.2) is 24.2 Å². The number of piperidine rings is 1. The predicted molar refractivity (Wildman–Crippen MR) is 77.1 cm³/mol. The highest BCUT2D eigenvalue weighted by Crippen LogP contribution is 2.38. The Kier molecular flexibility index (Phi) is 3.39. The van der Waals surface area contributed by atoms with Crippen LogP contribution >= 0.6 is 0 Å². The number of alkyl halides is 3. The van der Waals surface area contributed by atoms with Crippen molar-refractivity contribution in [2.75, 3.05) is 23.7 Å². The summed E-state index contributed by atoms with van der Waals surface area (Å²) in [6, 6.07) is 5.43. The van der Waals surface area contributed by atoms with Gasteiger partial charge in [-0.3, -0.25) is 4.98 Å². The van der Waals surface area contributed by atoms with Gasteiger partial charge in [0.05, 0.1) is 17.3 Å². The molecule has 1 aromatic carbocycles. The standard InChI is InChI=1S/C15H16F3N3/c16-15(17,18)11-2-1-7-21(9-11)13-4-3-10-8-20-6-5-12(10)14(13)19/h3-6,8,11H,1-2,7,9,19H2. The van der Waals surface area contributed by atoms with E-state index in [1.54, 1.807) is 29.4 Å². The minimum atomic E-state index is -4.14. The summed E-state index contributed by atoms with van der Waals surface area (Å²) in [5, 5.41) is 1.72. The summed E-state index contributed by atoms with van der Waals surface area (Å²) >= 11 is 0. The Labute approximate surface area is 120 Å². The number of aromatic nitrogens is 1. The molecule has 3 nitrogen and oxygen atoms in total. The van der Waals surface area contributed by atoms with E-state index in [-0.39, 0.29) is 13.0 Å².